The molecule has 0 bridgehead atoms. The molecule has 0 aliphatic rings. The van der Waals surface area contributed by atoms with Gasteiger partial charge in [0.2, 0.25) is 0 Å². The zero-order valence-corrected chi connectivity index (χ0v) is 18.1. The zero-order chi connectivity index (χ0) is 20.8. The molecule has 1 amide bonds. The highest BCUT2D eigenvalue weighted by molar-refractivity contribution is 7.07. The Kier molecular flexibility index (Phi) is 7.12. The smallest absolute Gasteiger partial charge is 0.262 e. The van der Waals surface area contributed by atoms with Gasteiger partial charge in [-0.2, -0.15) is 0 Å². The second-order valence-electron chi connectivity index (χ2n) is 6.90. The quantitative estimate of drug-likeness (QED) is 0.488. The molecular weight excluding hydrogens is 408 g/mol. The number of aryl methyl sites for hydroxylation is 1. The predicted octanol–water partition coefficient (Wildman–Crippen LogP) is 5.82. The highest BCUT2D eigenvalue weighted by atomic mass is 35.5. The number of hydrogen-bond donors (Lipinski definition) is 1. The number of carbonyl (C=O) groups excluding carboxylic acids is 1. The number of carbonyl (C=O) groups is 1. The molecule has 0 atom stereocenters. The minimum atomic E-state index is -0.267. The number of anilines is 1. The molecule has 7 heteroatoms. The van der Waals surface area contributed by atoms with Crippen LogP contribution in [0.2, 0.25) is 5.02 Å². The fraction of sp³-hybridized carbons (Fsp3) is 0.273. The van der Waals surface area contributed by atoms with Gasteiger partial charge < -0.3 is 14.8 Å². The summed E-state index contributed by atoms with van der Waals surface area (Å²) in [6.45, 7) is 6.26. The molecule has 0 unspecified atom stereocenters. The highest BCUT2D eigenvalue weighted by Gasteiger charge is 2.14. The summed E-state index contributed by atoms with van der Waals surface area (Å²) in [5, 5.41) is 5.47. The fourth-order valence-electron chi connectivity index (χ4n) is 2.73. The molecule has 0 saturated heterocycles. The Hall–Kier alpha value is -2.57. The number of aromatic nitrogens is 1. The predicted molar refractivity (Wildman–Crippen MR) is 117 cm³/mol. The summed E-state index contributed by atoms with van der Waals surface area (Å²) >= 11 is 7.74. The van der Waals surface area contributed by atoms with E-state index in [1.165, 1.54) is 11.3 Å². The largest absolute Gasteiger partial charge is 0.485 e. The number of ether oxygens (including phenoxy) is 2. The molecule has 1 N–H and O–H groups in total. The van der Waals surface area contributed by atoms with Crippen LogP contribution in [-0.2, 0) is 11.4 Å². The monoisotopic (exact) mass is 430 g/mol. The maximum absolute atomic E-state index is 12.5. The molecule has 0 aliphatic carbocycles. The molecule has 1 heterocycles. The number of amides is 1. The van der Waals surface area contributed by atoms with E-state index in [0.717, 1.165) is 16.8 Å². The van der Waals surface area contributed by atoms with E-state index in [1.807, 2.05) is 42.6 Å². The molecule has 1 aromatic heterocycles. The maximum atomic E-state index is 12.5. The van der Waals surface area contributed by atoms with Crippen molar-refractivity contribution in [3.8, 4) is 11.5 Å². The SMILES string of the molecule is Cc1cc(OCC(=O)Nc2ccccc2OCc2cscn2)c(C(C)C)cc1Cl. The van der Waals surface area contributed by atoms with E-state index in [1.54, 1.807) is 11.6 Å². The van der Waals surface area contributed by atoms with Gasteiger partial charge >= 0.3 is 0 Å². The number of rotatable bonds is 8. The third-order valence-corrected chi connectivity index (χ3v) is 5.33. The van der Waals surface area contributed by atoms with Crippen LogP contribution in [0.1, 0.15) is 36.6 Å². The van der Waals surface area contributed by atoms with E-state index in [2.05, 4.69) is 24.1 Å². The van der Waals surface area contributed by atoms with Gasteiger partial charge in [-0.25, -0.2) is 4.98 Å². The van der Waals surface area contributed by atoms with Crippen molar-refractivity contribution < 1.29 is 14.3 Å². The second kappa shape index (κ2) is 9.76. The van der Waals surface area contributed by atoms with Gasteiger partial charge in [-0.3, -0.25) is 4.79 Å². The van der Waals surface area contributed by atoms with Gasteiger partial charge in [0.1, 0.15) is 18.1 Å². The Morgan fingerprint density at radius 3 is 2.72 bits per heavy atom. The van der Waals surface area contributed by atoms with Gasteiger partial charge in [0.15, 0.2) is 6.61 Å². The van der Waals surface area contributed by atoms with E-state index >= 15 is 0 Å². The first-order chi connectivity index (χ1) is 13.9. The van der Waals surface area contributed by atoms with E-state index in [9.17, 15) is 4.79 Å². The molecule has 3 rings (SSSR count). The zero-order valence-electron chi connectivity index (χ0n) is 16.6. The molecule has 0 saturated carbocycles. The molecule has 2 aromatic carbocycles. The first-order valence-electron chi connectivity index (χ1n) is 9.25. The average molecular weight is 431 g/mol. The number of para-hydroxylation sites is 2. The van der Waals surface area contributed by atoms with Crippen molar-refractivity contribution >= 4 is 34.5 Å². The minimum absolute atomic E-state index is 0.110. The molecule has 29 heavy (non-hydrogen) atoms. The summed E-state index contributed by atoms with van der Waals surface area (Å²) < 4.78 is 11.6. The summed E-state index contributed by atoms with van der Waals surface area (Å²) in [7, 11) is 0. The fourth-order valence-corrected chi connectivity index (χ4v) is 3.45. The lowest BCUT2D eigenvalue weighted by Gasteiger charge is -2.16. The maximum Gasteiger partial charge on any atom is 0.262 e. The van der Waals surface area contributed by atoms with Crippen LogP contribution in [0.15, 0.2) is 47.3 Å². The third-order valence-electron chi connectivity index (χ3n) is 4.29. The Bertz CT molecular complexity index is 974. The van der Waals surface area contributed by atoms with Crippen LogP contribution >= 0.6 is 22.9 Å². The number of hydrogen-bond acceptors (Lipinski definition) is 5. The lowest BCUT2D eigenvalue weighted by atomic mass is 10.0. The Labute approximate surface area is 179 Å². The van der Waals surface area contributed by atoms with Crippen LogP contribution in [0.5, 0.6) is 11.5 Å². The molecule has 3 aromatic rings. The summed E-state index contributed by atoms with van der Waals surface area (Å²) in [6, 6.07) is 11.1. The van der Waals surface area contributed by atoms with Gasteiger partial charge in [0, 0.05) is 10.4 Å². The molecule has 5 nitrogen and oxygen atoms in total. The molecule has 0 fully saturated rings. The normalized spacial score (nSPS) is 10.8. The number of nitrogens with one attached hydrogen (secondary N) is 1. The van der Waals surface area contributed by atoms with Crippen molar-refractivity contribution in [2.45, 2.75) is 33.3 Å². The Balaban J connectivity index is 1.64. The van der Waals surface area contributed by atoms with E-state index in [4.69, 9.17) is 21.1 Å². The number of halogens is 1. The van der Waals surface area contributed by atoms with Crippen molar-refractivity contribution in [2.75, 3.05) is 11.9 Å². The van der Waals surface area contributed by atoms with Crippen molar-refractivity contribution in [1.29, 1.82) is 0 Å². The molecular formula is C22H23ClN2O3S. The van der Waals surface area contributed by atoms with E-state index in [-0.39, 0.29) is 18.4 Å². The lowest BCUT2D eigenvalue weighted by molar-refractivity contribution is -0.118. The van der Waals surface area contributed by atoms with Gasteiger partial charge in [-0.05, 0) is 48.2 Å². The summed E-state index contributed by atoms with van der Waals surface area (Å²) in [5.74, 6) is 1.21. The standard InChI is InChI=1S/C22H23ClN2O3S/c1-14(2)17-9-18(23)15(3)8-21(17)28-11-22(26)25-19-6-4-5-7-20(19)27-10-16-12-29-13-24-16/h4-9,12-14H,10-11H2,1-3H3,(H,25,26). The third kappa shape index (κ3) is 5.71. The highest BCUT2D eigenvalue weighted by Crippen LogP contribution is 2.32. The molecule has 0 radical (unpaired) electrons. The Morgan fingerprint density at radius 1 is 1.21 bits per heavy atom. The molecule has 0 spiro atoms. The van der Waals surface area contributed by atoms with Gasteiger partial charge in [0.25, 0.3) is 5.91 Å². The average Bonchev–Trinajstić information content (AvgIpc) is 3.21. The van der Waals surface area contributed by atoms with Gasteiger partial charge in [0.05, 0.1) is 16.9 Å². The number of thiazole rings is 1. The van der Waals surface area contributed by atoms with Gasteiger partial charge in [-0.1, -0.05) is 37.6 Å². The minimum Gasteiger partial charge on any atom is -0.485 e. The van der Waals surface area contributed by atoms with Crippen LogP contribution in [-0.4, -0.2) is 17.5 Å². The van der Waals surface area contributed by atoms with Crippen molar-refractivity contribution in [1.82, 2.24) is 4.98 Å². The van der Waals surface area contributed by atoms with Crippen LogP contribution in [0.4, 0.5) is 5.69 Å². The summed E-state index contributed by atoms with van der Waals surface area (Å²) in [4.78, 5) is 16.7. The molecule has 0 aliphatic heterocycles. The summed E-state index contributed by atoms with van der Waals surface area (Å²) in [5.41, 5.74) is 5.08. The van der Waals surface area contributed by atoms with Crippen molar-refractivity contribution in [2.24, 2.45) is 0 Å². The van der Waals surface area contributed by atoms with E-state index < -0.39 is 0 Å². The van der Waals surface area contributed by atoms with Gasteiger partial charge in [-0.15, -0.1) is 11.3 Å². The van der Waals surface area contributed by atoms with Crippen molar-refractivity contribution in [3.05, 3.63) is 69.1 Å². The van der Waals surface area contributed by atoms with E-state index in [0.29, 0.717) is 28.8 Å². The first kappa shape index (κ1) is 21.1. The lowest BCUT2D eigenvalue weighted by Crippen LogP contribution is -2.21. The van der Waals surface area contributed by atoms with Crippen LogP contribution in [0.25, 0.3) is 0 Å². The van der Waals surface area contributed by atoms with Crippen LogP contribution < -0.4 is 14.8 Å². The summed E-state index contributed by atoms with van der Waals surface area (Å²) in [6.07, 6.45) is 0. The molecule has 152 valence electrons. The number of nitrogens with zero attached hydrogens (tertiary/aromatic N) is 1. The second-order valence-corrected chi connectivity index (χ2v) is 8.02. The number of benzene rings is 2. The van der Waals surface area contributed by atoms with Crippen molar-refractivity contribution in [3.63, 3.8) is 0 Å². The first-order valence-corrected chi connectivity index (χ1v) is 10.6. The Morgan fingerprint density at radius 2 is 2.00 bits per heavy atom. The van der Waals surface area contributed by atoms with Crippen LogP contribution in [0.3, 0.4) is 0 Å². The van der Waals surface area contributed by atoms with Crippen LogP contribution in [0, 0.1) is 6.92 Å². The topological polar surface area (TPSA) is 60.5 Å².